The molecule has 2 fully saturated rings. The summed E-state index contributed by atoms with van der Waals surface area (Å²) in [5.74, 6) is -2.74. The molecular weight excluding hydrogens is 348 g/mol. The van der Waals surface area contributed by atoms with E-state index in [1.807, 2.05) is 0 Å². The number of carboxylic acid groups (broad SMARTS) is 1. The first kappa shape index (κ1) is 15.0. The first-order valence-electron chi connectivity index (χ1n) is 9.36. The number of carbonyl (C=O) groups is 2. The lowest BCUT2D eigenvalue weighted by Crippen LogP contribution is -2.65. The number of carbonyl (C=O) groups excluding carboxylic acids is 2. The highest BCUT2D eigenvalue weighted by Crippen LogP contribution is 2.31. The Morgan fingerprint density at radius 1 is 1.35 bits per heavy atom. The Balaban J connectivity index is 1.95. The van der Waals surface area contributed by atoms with Crippen molar-refractivity contribution in [2.24, 2.45) is 0 Å². The van der Waals surface area contributed by atoms with Gasteiger partial charge in [-0.25, -0.2) is 0 Å². The quantitative estimate of drug-likeness (QED) is 0.392. The van der Waals surface area contributed by atoms with E-state index >= 15 is 0 Å². The van der Waals surface area contributed by atoms with E-state index in [1.54, 1.807) is 0 Å². The van der Waals surface area contributed by atoms with E-state index in [1.165, 1.54) is 29.1 Å². The molecular formula is C16H20N2O8. The molecule has 0 aliphatic carbocycles. The number of aliphatic hydroxyl groups excluding tert-OH is 4. The van der Waals surface area contributed by atoms with Gasteiger partial charge in [0, 0.05) is 29.1 Å². The molecule has 0 bridgehead atoms. The lowest BCUT2D eigenvalue weighted by atomic mass is 9.97. The SMILES string of the molecule is [2H]C([2H])([2H])N1C(=O)[C@H](O)C[C@H]1c1ccc[n+]([C@@H]2O[C@H](C(=O)[O-])[C@@H](O)[C@H](O)[C@H]2O)c1. The molecule has 3 heterocycles. The van der Waals surface area contributed by atoms with Crippen LogP contribution in [0.3, 0.4) is 0 Å². The molecule has 3 rings (SSSR count). The second-order valence-corrected chi connectivity index (χ2v) is 6.30. The number of amides is 1. The molecule has 10 nitrogen and oxygen atoms in total. The van der Waals surface area contributed by atoms with Crippen molar-refractivity contribution in [2.45, 2.75) is 49.2 Å². The minimum atomic E-state index is -2.80. The lowest BCUT2D eigenvalue weighted by molar-refractivity contribution is -0.777. The molecule has 2 saturated heterocycles. The van der Waals surface area contributed by atoms with E-state index in [-0.39, 0.29) is 12.0 Å². The van der Waals surface area contributed by atoms with Crippen molar-refractivity contribution >= 4 is 11.9 Å². The number of nitrogens with zero attached hydrogens (tertiary/aromatic N) is 2. The van der Waals surface area contributed by atoms with Gasteiger partial charge in [0.1, 0.15) is 24.4 Å². The topological polar surface area (TPSA) is 154 Å². The molecule has 1 amide bonds. The van der Waals surface area contributed by atoms with Crippen molar-refractivity contribution in [2.75, 3.05) is 6.98 Å². The molecule has 1 aromatic rings. The standard InChI is InChI=1S/C16H20N2O8/c1-17-8(5-9(19)14(17)23)7-3-2-4-18(6-7)15-12(22)10(20)11(21)13(26-15)16(24)25/h2-4,6,8-13,15,19-22H,5H2,1H3/t8-,9+,10-,11-,12+,13-,15+/m0/s1/i1D3. The Kier molecular flexibility index (Phi) is 3.98. The maximum absolute atomic E-state index is 12.1. The summed E-state index contributed by atoms with van der Waals surface area (Å²) in [6.45, 7) is -2.80. The van der Waals surface area contributed by atoms with E-state index < -0.39 is 61.6 Å². The predicted octanol–water partition coefficient (Wildman–Crippen LogP) is -4.03. The van der Waals surface area contributed by atoms with Gasteiger partial charge in [-0.3, -0.25) is 4.79 Å². The average Bonchev–Trinajstić information content (AvgIpc) is 2.95. The van der Waals surface area contributed by atoms with Crippen LogP contribution in [0.15, 0.2) is 24.5 Å². The Bertz CT molecular complexity index is 807. The van der Waals surface area contributed by atoms with Crippen LogP contribution >= 0.6 is 0 Å². The Labute approximate surface area is 152 Å². The largest absolute Gasteiger partial charge is 0.547 e. The number of pyridine rings is 1. The molecule has 0 radical (unpaired) electrons. The van der Waals surface area contributed by atoms with Gasteiger partial charge in [0.05, 0.1) is 12.0 Å². The fourth-order valence-corrected chi connectivity index (χ4v) is 3.19. The van der Waals surface area contributed by atoms with E-state index in [4.69, 9.17) is 8.85 Å². The monoisotopic (exact) mass is 371 g/mol. The number of ether oxygens (including phenoxy) is 1. The number of likely N-dealkylation sites (N-methyl/N-ethyl adjacent to an activating group) is 1. The lowest BCUT2D eigenvalue weighted by Gasteiger charge is -2.37. The zero-order valence-corrected chi connectivity index (χ0v) is 13.4. The third-order valence-electron chi connectivity index (χ3n) is 4.62. The van der Waals surface area contributed by atoms with Crippen LogP contribution < -0.4 is 9.67 Å². The number of hydrogen-bond acceptors (Lipinski definition) is 8. The summed E-state index contributed by atoms with van der Waals surface area (Å²) in [5, 5.41) is 50.9. The fourth-order valence-electron chi connectivity index (χ4n) is 3.19. The molecule has 0 spiro atoms. The molecule has 26 heavy (non-hydrogen) atoms. The van der Waals surface area contributed by atoms with E-state index in [0.717, 1.165) is 0 Å². The van der Waals surface area contributed by atoms with Crippen LogP contribution in [0, 0.1) is 0 Å². The maximum atomic E-state index is 12.1. The van der Waals surface area contributed by atoms with Gasteiger partial charge in [0.2, 0.25) is 0 Å². The smallest absolute Gasteiger partial charge is 0.292 e. The van der Waals surface area contributed by atoms with Crippen LogP contribution in [0.25, 0.3) is 0 Å². The number of rotatable bonds is 3. The van der Waals surface area contributed by atoms with Crippen LogP contribution in [0.5, 0.6) is 0 Å². The minimum Gasteiger partial charge on any atom is -0.547 e. The summed E-state index contributed by atoms with van der Waals surface area (Å²) in [7, 11) is 0. The average molecular weight is 371 g/mol. The Morgan fingerprint density at radius 3 is 2.73 bits per heavy atom. The fraction of sp³-hybridized carbons (Fsp3) is 0.562. The van der Waals surface area contributed by atoms with E-state index in [2.05, 4.69) is 0 Å². The van der Waals surface area contributed by atoms with Gasteiger partial charge in [-0.2, -0.15) is 4.57 Å². The van der Waals surface area contributed by atoms with E-state index in [0.29, 0.717) is 4.90 Å². The van der Waals surface area contributed by atoms with Gasteiger partial charge in [0.15, 0.2) is 18.5 Å². The third-order valence-corrected chi connectivity index (χ3v) is 4.62. The number of likely N-dealkylation sites (tertiary alicyclic amines) is 1. The molecule has 2 aliphatic heterocycles. The zero-order valence-electron chi connectivity index (χ0n) is 16.4. The molecule has 7 atom stereocenters. The Morgan fingerprint density at radius 2 is 2.08 bits per heavy atom. The number of aliphatic carboxylic acids is 1. The zero-order chi connectivity index (χ0) is 21.7. The van der Waals surface area contributed by atoms with Crippen LogP contribution in [0.2, 0.25) is 0 Å². The first-order chi connectivity index (χ1) is 13.4. The van der Waals surface area contributed by atoms with Crippen LogP contribution in [-0.2, 0) is 14.3 Å². The summed E-state index contributed by atoms with van der Waals surface area (Å²) < 4.78 is 29.0. The molecule has 0 aromatic carbocycles. The van der Waals surface area contributed by atoms with Gasteiger partial charge in [-0.1, -0.05) is 0 Å². The van der Waals surface area contributed by atoms with Gasteiger partial charge >= 0.3 is 0 Å². The van der Waals surface area contributed by atoms with Crippen LogP contribution in [0.4, 0.5) is 0 Å². The first-order valence-corrected chi connectivity index (χ1v) is 7.86. The van der Waals surface area contributed by atoms with Gasteiger partial charge in [-0.05, 0) is 6.07 Å². The molecule has 0 saturated carbocycles. The molecule has 10 heteroatoms. The van der Waals surface area contributed by atoms with Crippen molar-refractivity contribution in [3.8, 4) is 0 Å². The summed E-state index contributed by atoms with van der Waals surface area (Å²) in [5.41, 5.74) is 0.273. The number of hydrogen-bond donors (Lipinski definition) is 4. The molecule has 4 N–H and O–H groups in total. The van der Waals surface area contributed by atoms with Crippen molar-refractivity contribution in [1.82, 2.24) is 4.90 Å². The second kappa shape index (κ2) is 6.89. The second-order valence-electron chi connectivity index (χ2n) is 6.30. The third kappa shape index (κ3) is 3.06. The summed E-state index contributed by atoms with van der Waals surface area (Å²) >= 11 is 0. The number of aliphatic hydroxyl groups is 4. The van der Waals surface area contributed by atoms with Crippen molar-refractivity contribution in [3.63, 3.8) is 0 Å². The highest BCUT2D eigenvalue weighted by Gasteiger charge is 2.49. The number of aromatic nitrogens is 1. The van der Waals surface area contributed by atoms with Gasteiger partial charge in [0.25, 0.3) is 12.1 Å². The van der Waals surface area contributed by atoms with Crippen molar-refractivity contribution < 1.29 is 48.5 Å². The van der Waals surface area contributed by atoms with Crippen LogP contribution in [-0.4, -0.2) is 74.7 Å². The van der Waals surface area contributed by atoms with Crippen LogP contribution in [0.1, 0.15) is 28.4 Å². The highest BCUT2D eigenvalue weighted by molar-refractivity contribution is 5.83. The molecule has 1 aromatic heterocycles. The summed E-state index contributed by atoms with van der Waals surface area (Å²) in [6, 6.07) is 1.91. The number of carboxylic acids is 1. The Hall–Kier alpha value is -2.11. The maximum Gasteiger partial charge on any atom is 0.292 e. The van der Waals surface area contributed by atoms with Crippen molar-refractivity contribution in [3.05, 3.63) is 30.1 Å². The highest BCUT2D eigenvalue weighted by atomic mass is 16.6. The van der Waals surface area contributed by atoms with Gasteiger partial charge in [-0.15, -0.1) is 0 Å². The molecule has 2 aliphatic rings. The molecule has 142 valence electrons. The normalized spacial score (nSPS) is 40.0. The summed E-state index contributed by atoms with van der Waals surface area (Å²) in [6.07, 6.45) is -7.84. The molecule has 0 unspecified atom stereocenters. The van der Waals surface area contributed by atoms with Crippen molar-refractivity contribution in [1.29, 1.82) is 0 Å². The predicted molar refractivity (Wildman–Crippen MR) is 79.7 cm³/mol. The summed E-state index contributed by atoms with van der Waals surface area (Å²) in [4.78, 5) is 23.8. The minimum absolute atomic E-state index is 0.182. The van der Waals surface area contributed by atoms with Gasteiger partial charge < -0.3 is 40.0 Å². The van der Waals surface area contributed by atoms with E-state index in [9.17, 15) is 35.1 Å².